The van der Waals surface area contributed by atoms with E-state index in [1.54, 1.807) is 0 Å². The van der Waals surface area contributed by atoms with Crippen LogP contribution in [0.3, 0.4) is 0 Å². The van der Waals surface area contributed by atoms with Crippen molar-refractivity contribution in [3.05, 3.63) is 0 Å². The quantitative estimate of drug-likeness (QED) is 0.349. The maximum absolute atomic E-state index is 9.64. The zero-order chi connectivity index (χ0) is 8.06. The summed E-state index contributed by atoms with van der Waals surface area (Å²) in [6.45, 7) is 0. The van der Waals surface area contributed by atoms with Crippen molar-refractivity contribution in [1.29, 1.82) is 0 Å². The van der Waals surface area contributed by atoms with Gasteiger partial charge < -0.3 is 15.3 Å². The molecule has 0 aromatic rings. The van der Waals surface area contributed by atoms with E-state index in [0.717, 1.165) is 6.42 Å². The van der Waals surface area contributed by atoms with Gasteiger partial charge in [-0.1, -0.05) is 0 Å². The number of fused-ring (bicyclic) bond motifs is 2. The molecule has 0 radical (unpaired) electrons. The Morgan fingerprint density at radius 1 is 1.36 bits per heavy atom. The highest BCUT2D eigenvalue weighted by Gasteiger charge is 2.50. The molecule has 2 bridgehead atoms. The zero-order valence-corrected chi connectivity index (χ0v) is 6.20. The van der Waals surface area contributed by atoms with Gasteiger partial charge in [0.2, 0.25) is 0 Å². The molecule has 0 spiro atoms. The molecule has 4 nitrogen and oxygen atoms in total. The van der Waals surface area contributed by atoms with E-state index >= 15 is 0 Å². The average molecular weight is 159 g/mol. The molecule has 0 aromatic carbocycles. The van der Waals surface area contributed by atoms with Crippen LogP contribution in [0.1, 0.15) is 19.3 Å². The standard InChI is InChI=1S/C7H13NO3/c9-5-3-4-1-2-7(11,8-4)6(5)10/h4-6,8-11H,1-3H2/t4-,5+,6+,7-/m1/s1. The first-order valence-electron chi connectivity index (χ1n) is 3.98. The number of rotatable bonds is 0. The van der Waals surface area contributed by atoms with Crippen LogP contribution in [0, 0.1) is 0 Å². The Bertz CT molecular complexity index is 175. The number of nitrogens with one attached hydrogen (secondary N) is 1. The molecule has 0 aliphatic carbocycles. The van der Waals surface area contributed by atoms with Crippen LogP contribution in [0.2, 0.25) is 0 Å². The van der Waals surface area contributed by atoms with E-state index in [4.69, 9.17) is 0 Å². The third-order valence-corrected chi connectivity index (χ3v) is 2.71. The van der Waals surface area contributed by atoms with E-state index in [0.29, 0.717) is 12.8 Å². The molecule has 0 unspecified atom stereocenters. The van der Waals surface area contributed by atoms with Crippen molar-refractivity contribution in [2.24, 2.45) is 0 Å². The average Bonchev–Trinajstić information content (AvgIpc) is 2.27. The topological polar surface area (TPSA) is 72.7 Å². The molecule has 2 heterocycles. The maximum atomic E-state index is 9.64. The van der Waals surface area contributed by atoms with E-state index in [9.17, 15) is 15.3 Å². The van der Waals surface area contributed by atoms with Crippen molar-refractivity contribution in [3.8, 4) is 0 Å². The van der Waals surface area contributed by atoms with Gasteiger partial charge in [-0.05, 0) is 19.3 Å². The molecule has 2 aliphatic heterocycles. The Labute approximate surface area is 64.8 Å². The minimum atomic E-state index is -1.22. The number of hydrogen-bond donors (Lipinski definition) is 4. The Morgan fingerprint density at radius 2 is 2.09 bits per heavy atom. The minimum Gasteiger partial charge on any atom is -0.390 e. The van der Waals surface area contributed by atoms with Gasteiger partial charge in [0.1, 0.15) is 11.8 Å². The van der Waals surface area contributed by atoms with Crippen LogP contribution >= 0.6 is 0 Å². The van der Waals surface area contributed by atoms with E-state index in [1.165, 1.54) is 0 Å². The molecule has 2 aliphatic rings. The van der Waals surface area contributed by atoms with Crippen LogP contribution in [-0.4, -0.2) is 39.3 Å². The van der Waals surface area contributed by atoms with Crippen molar-refractivity contribution in [1.82, 2.24) is 5.32 Å². The summed E-state index contributed by atoms with van der Waals surface area (Å²) in [6.07, 6.45) is 0.124. The van der Waals surface area contributed by atoms with E-state index < -0.39 is 17.9 Å². The molecule has 0 aromatic heterocycles. The lowest BCUT2D eigenvalue weighted by Crippen LogP contribution is -2.61. The second-order valence-corrected chi connectivity index (χ2v) is 3.55. The van der Waals surface area contributed by atoms with Crippen LogP contribution in [0.15, 0.2) is 0 Å². The lowest BCUT2D eigenvalue weighted by molar-refractivity contribution is -0.153. The Morgan fingerprint density at radius 3 is 2.82 bits per heavy atom. The van der Waals surface area contributed by atoms with Crippen molar-refractivity contribution >= 4 is 0 Å². The highest BCUT2D eigenvalue weighted by atomic mass is 16.4. The fourth-order valence-corrected chi connectivity index (χ4v) is 2.04. The smallest absolute Gasteiger partial charge is 0.144 e. The van der Waals surface area contributed by atoms with Crippen molar-refractivity contribution < 1.29 is 15.3 Å². The summed E-state index contributed by atoms with van der Waals surface area (Å²) in [5.74, 6) is 0. The summed E-state index contributed by atoms with van der Waals surface area (Å²) in [7, 11) is 0. The monoisotopic (exact) mass is 159 g/mol. The molecule has 2 fully saturated rings. The summed E-state index contributed by atoms with van der Waals surface area (Å²) in [6, 6.07) is 0.179. The van der Waals surface area contributed by atoms with Gasteiger partial charge in [-0.2, -0.15) is 0 Å². The summed E-state index contributed by atoms with van der Waals surface area (Å²) >= 11 is 0. The van der Waals surface area contributed by atoms with Crippen molar-refractivity contribution in [2.45, 2.75) is 43.2 Å². The Hall–Kier alpha value is -0.160. The first-order chi connectivity index (χ1) is 5.12. The number of hydrogen-bond acceptors (Lipinski definition) is 4. The fourth-order valence-electron chi connectivity index (χ4n) is 2.04. The molecule has 2 rings (SSSR count). The summed E-state index contributed by atoms with van der Waals surface area (Å²) < 4.78 is 0. The molecule has 4 heteroatoms. The summed E-state index contributed by atoms with van der Waals surface area (Å²) in [5.41, 5.74) is -1.22. The second kappa shape index (κ2) is 2.17. The lowest BCUT2D eigenvalue weighted by atomic mass is 9.96. The Kier molecular flexibility index (Phi) is 1.47. The predicted molar refractivity (Wildman–Crippen MR) is 37.7 cm³/mol. The number of aliphatic hydroxyl groups excluding tert-OH is 2. The van der Waals surface area contributed by atoms with Crippen LogP contribution in [-0.2, 0) is 0 Å². The van der Waals surface area contributed by atoms with Crippen LogP contribution < -0.4 is 5.32 Å². The van der Waals surface area contributed by atoms with Gasteiger partial charge in [-0.3, -0.25) is 5.32 Å². The van der Waals surface area contributed by atoms with Gasteiger partial charge in [0, 0.05) is 6.04 Å². The highest BCUT2D eigenvalue weighted by molar-refractivity contribution is 5.02. The lowest BCUT2D eigenvalue weighted by Gasteiger charge is -2.37. The minimum absolute atomic E-state index is 0.179. The second-order valence-electron chi connectivity index (χ2n) is 3.55. The normalized spacial score (nSPS) is 56.5. The van der Waals surface area contributed by atoms with Gasteiger partial charge in [0.05, 0.1) is 6.10 Å². The van der Waals surface area contributed by atoms with Gasteiger partial charge in [-0.25, -0.2) is 0 Å². The molecular formula is C7H13NO3. The Balaban J connectivity index is 2.21. The molecule has 64 valence electrons. The van der Waals surface area contributed by atoms with E-state index in [1.807, 2.05) is 0 Å². The van der Waals surface area contributed by atoms with Gasteiger partial charge in [-0.15, -0.1) is 0 Å². The first-order valence-corrected chi connectivity index (χ1v) is 3.98. The number of piperidine rings is 1. The van der Waals surface area contributed by atoms with Crippen LogP contribution in [0.4, 0.5) is 0 Å². The third kappa shape index (κ3) is 0.980. The van der Waals surface area contributed by atoms with Gasteiger partial charge in [0.25, 0.3) is 0 Å². The van der Waals surface area contributed by atoms with Gasteiger partial charge in [0.15, 0.2) is 0 Å². The van der Waals surface area contributed by atoms with Gasteiger partial charge >= 0.3 is 0 Å². The van der Waals surface area contributed by atoms with Crippen LogP contribution in [0.5, 0.6) is 0 Å². The van der Waals surface area contributed by atoms with Crippen LogP contribution in [0.25, 0.3) is 0 Å². The molecule has 0 saturated carbocycles. The van der Waals surface area contributed by atoms with E-state index in [2.05, 4.69) is 5.32 Å². The van der Waals surface area contributed by atoms with Crippen molar-refractivity contribution in [2.75, 3.05) is 0 Å². The van der Waals surface area contributed by atoms with E-state index in [-0.39, 0.29) is 6.04 Å². The zero-order valence-electron chi connectivity index (χ0n) is 6.20. The SMILES string of the molecule is O[C@H]1C[C@H]2CC[C@](O)(N2)[C@H]1O. The van der Waals surface area contributed by atoms with Crippen molar-refractivity contribution in [3.63, 3.8) is 0 Å². The highest BCUT2D eigenvalue weighted by Crippen LogP contribution is 2.33. The predicted octanol–water partition coefficient (Wildman–Crippen LogP) is -1.45. The molecule has 11 heavy (non-hydrogen) atoms. The molecule has 2 saturated heterocycles. The largest absolute Gasteiger partial charge is 0.390 e. The molecular weight excluding hydrogens is 146 g/mol. The molecule has 4 N–H and O–H groups in total. The molecule has 4 atom stereocenters. The fraction of sp³-hybridized carbons (Fsp3) is 1.00. The summed E-state index contributed by atoms with van der Waals surface area (Å²) in [4.78, 5) is 0. The number of aliphatic hydroxyl groups is 3. The molecule has 0 amide bonds. The third-order valence-electron chi connectivity index (χ3n) is 2.71. The first kappa shape index (κ1) is 7.49. The maximum Gasteiger partial charge on any atom is 0.144 e. The summed E-state index contributed by atoms with van der Waals surface area (Å²) in [5, 5.41) is 31.2.